The molecule has 0 radical (unpaired) electrons. The van der Waals surface area contributed by atoms with Crippen LogP contribution in [0.15, 0.2) is 65.7 Å². The van der Waals surface area contributed by atoms with Crippen molar-refractivity contribution in [2.75, 3.05) is 5.32 Å². The van der Waals surface area contributed by atoms with E-state index in [0.717, 1.165) is 26.9 Å². The quantitative estimate of drug-likeness (QED) is 0.644. The summed E-state index contributed by atoms with van der Waals surface area (Å²) >= 11 is 7.54. The SMILES string of the molecule is Cc1ccc(C(=O)Nc2ccc(SCc3cccc(Cl)c3)nn2)cc1. The summed E-state index contributed by atoms with van der Waals surface area (Å²) in [6.45, 7) is 1.98. The van der Waals surface area contributed by atoms with Crippen molar-refractivity contribution in [1.82, 2.24) is 10.2 Å². The van der Waals surface area contributed by atoms with E-state index in [9.17, 15) is 4.79 Å². The molecule has 126 valence electrons. The Hall–Kier alpha value is -2.37. The van der Waals surface area contributed by atoms with Crippen molar-refractivity contribution in [3.05, 3.63) is 82.4 Å². The van der Waals surface area contributed by atoms with Crippen molar-refractivity contribution in [3.8, 4) is 0 Å². The van der Waals surface area contributed by atoms with Gasteiger partial charge in [-0.3, -0.25) is 4.79 Å². The predicted octanol–water partition coefficient (Wildman–Crippen LogP) is 4.98. The minimum Gasteiger partial charge on any atom is -0.305 e. The summed E-state index contributed by atoms with van der Waals surface area (Å²) in [7, 11) is 0. The lowest BCUT2D eigenvalue weighted by molar-refractivity contribution is 0.102. The molecular formula is C19H16ClN3OS. The summed E-state index contributed by atoms with van der Waals surface area (Å²) in [6.07, 6.45) is 0. The van der Waals surface area contributed by atoms with Crippen LogP contribution >= 0.6 is 23.4 Å². The van der Waals surface area contributed by atoms with E-state index in [1.165, 1.54) is 0 Å². The molecule has 6 heteroatoms. The van der Waals surface area contributed by atoms with Crippen molar-refractivity contribution < 1.29 is 4.79 Å². The van der Waals surface area contributed by atoms with Gasteiger partial charge in [-0.25, -0.2) is 0 Å². The van der Waals surface area contributed by atoms with Gasteiger partial charge in [-0.05, 0) is 48.9 Å². The zero-order valence-corrected chi connectivity index (χ0v) is 15.1. The lowest BCUT2D eigenvalue weighted by Crippen LogP contribution is -2.13. The van der Waals surface area contributed by atoms with E-state index >= 15 is 0 Å². The van der Waals surface area contributed by atoms with E-state index in [2.05, 4.69) is 15.5 Å². The molecule has 0 bridgehead atoms. The van der Waals surface area contributed by atoms with Crippen LogP contribution in [0.1, 0.15) is 21.5 Å². The van der Waals surface area contributed by atoms with Gasteiger partial charge in [0.15, 0.2) is 5.82 Å². The molecule has 0 spiro atoms. The van der Waals surface area contributed by atoms with E-state index in [0.29, 0.717) is 11.4 Å². The van der Waals surface area contributed by atoms with Crippen LogP contribution in [0.2, 0.25) is 5.02 Å². The predicted molar refractivity (Wildman–Crippen MR) is 102 cm³/mol. The molecule has 4 nitrogen and oxygen atoms in total. The van der Waals surface area contributed by atoms with Crippen LogP contribution in [-0.4, -0.2) is 16.1 Å². The minimum absolute atomic E-state index is 0.200. The van der Waals surface area contributed by atoms with Crippen LogP contribution in [0.3, 0.4) is 0 Å². The standard InChI is InChI=1S/C19H16ClN3OS/c1-13-5-7-15(8-6-13)19(24)21-17-9-10-18(23-22-17)25-12-14-3-2-4-16(20)11-14/h2-11H,12H2,1H3,(H,21,22,24). The first-order valence-electron chi connectivity index (χ1n) is 7.69. The molecule has 0 unspecified atom stereocenters. The van der Waals surface area contributed by atoms with Gasteiger partial charge in [-0.2, -0.15) is 0 Å². The maximum Gasteiger partial charge on any atom is 0.256 e. The second kappa shape index (κ2) is 8.14. The Morgan fingerprint density at radius 3 is 2.56 bits per heavy atom. The van der Waals surface area contributed by atoms with Crippen LogP contribution in [0, 0.1) is 6.92 Å². The van der Waals surface area contributed by atoms with Crippen molar-refractivity contribution in [2.24, 2.45) is 0 Å². The van der Waals surface area contributed by atoms with Gasteiger partial charge in [0.25, 0.3) is 5.91 Å². The summed E-state index contributed by atoms with van der Waals surface area (Å²) in [5, 5.41) is 12.5. The van der Waals surface area contributed by atoms with Crippen LogP contribution in [-0.2, 0) is 5.75 Å². The molecule has 0 saturated carbocycles. The summed E-state index contributed by atoms with van der Waals surface area (Å²) in [6, 6.07) is 18.7. The molecule has 0 fully saturated rings. The fourth-order valence-corrected chi connectivity index (χ4v) is 3.11. The number of carbonyl (C=O) groups is 1. The molecule has 0 aliphatic carbocycles. The first-order valence-corrected chi connectivity index (χ1v) is 9.05. The molecule has 2 aromatic carbocycles. The number of hydrogen-bond acceptors (Lipinski definition) is 4. The molecule has 1 heterocycles. The Morgan fingerprint density at radius 2 is 1.88 bits per heavy atom. The Bertz CT molecular complexity index is 867. The number of benzene rings is 2. The van der Waals surface area contributed by atoms with E-state index < -0.39 is 0 Å². The lowest BCUT2D eigenvalue weighted by Gasteiger charge is -2.05. The highest BCUT2D eigenvalue weighted by molar-refractivity contribution is 7.98. The van der Waals surface area contributed by atoms with Gasteiger partial charge >= 0.3 is 0 Å². The summed E-state index contributed by atoms with van der Waals surface area (Å²) in [5.41, 5.74) is 2.82. The third-order valence-electron chi connectivity index (χ3n) is 3.47. The van der Waals surface area contributed by atoms with Crippen LogP contribution in [0.4, 0.5) is 5.82 Å². The highest BCUT2D eigenvalue weighted by atomic mass is 35.5. The average molecular weight is 370 g/mol. The molecule has 3 rings (SSSR count). The number of anilines is 1. The number of carbonyl (C=O) groups excluding carboxylic acids is 1. The van der Waals surface area contributed by atoms with E-state index in [1.807, 2.05) is 49.4 Å². The zero-order chi connectivity index (χ0) is 17.6. The van der Waals surface area contributed by atoms with E-state index in [4.69, 9.17) is 11.6 Å². The average Bonchev–Trinajstić information content (AvgIpc) is 2.62. The number of nitrogens with one attached hydrogen (secondary N) is 1. The van der Waals surface area contributed by atoms with Gasteiger partial charge in [-0.15, -0.1) is 10.2 Å². The molecule has 0 aliphatic heterocycles. The molecule has 3 aromatic rings. The van der Waals surface area contributed by atoms with Crippen LogP contribution in [0.25, 0.3) is 0 Å². The van der Waals surface area contributed by atoms with Crippen molar-refractivity contribution >= 4 is 35.1 Å². The fourth-order valence-electron chi connectivity index (χ4n) is 2.14. The number of rotatable bonds is 5. The topological polar surface area (TPSA) is 54.9 Å². The first kappa shape index (κ1) is 17.5. The fraction of sp³-hybridized carbons (Fsp3) is 0.105. The normalized spacial score (nSPS) is 10.5. The van der Waals surface area contributed by atoms with Crippen molar-refractivity contribution in [3.63, 3.8) is 0 Å². The van der Waals surface area contributed by atoms with Crippen molar-refractivity contribution in [1.29, 1.82) is 0 Å². The second-order valence-corrected chi connectivity index (χ2v) is 6.93. The number of aromatic nitrogens is 2. The Labute approximate surface area is 155 Å². The monoisotopic (exact) mass is 369 g/mol. The Balaban J connectivity index is 1.58. The third kappa shape index (κ3) is 5.05. The molecule has 1 amide bonds. The maximum atomic E-state index is 12.2. The first-order chi connectivity index (χ1) is 12.1. The minimum atomic E-state index is -0.200. The number of hydrogen-bond donors (Lipinski definition) is 1. The summed E-state index contributed by atoms with van der Waals surface area (Å²) in [4.78, 5) is 12.2. The second-order valence-electron chi connectivity index (χ2n) is 5.50. The number of amides is 1. The van der Waals surface area contributed by atoms with Gasteiger partial charge in [0.2, 0.25) is 0 Å². The number of halogens is 1. The van der Waals surface area contributed by atoms with Crippen LogP contribution in [0.5, 0.6) is 0 Å². The number of nitrogens with zero attached hydrogens (tertiary/aromatic N) is 2. The van der Waals surface area contributed by atoms with Crippen molar-refractivity contribution in [2.45, 2.75) is 17.7 Å². The summed E-state index contributed by atoms with van der Waals surface area (Å²) in [5.74, 6) is 0.982. The molecule has 0 saturated heterocycles. The lowest BCUT2D eigenvalue weighted by atomic mass is 10.1. The van der Waals surface area contributed by atoms with E-state index in [-0.39, 0.29) is 5.91 Å². The molecule has 1 N–H and O–H groups in total. The Morgan fingerprint density at radius 1 is 1.08 bits per heavy atom. The van der Waals surface area contributed by atoms with Gasteiger partial charge in [0.1, 0.15) is 5.03 Å². The highest BCUT2D eigenvalue weighted by Gasteiger charge is 2.07. The molecule has 25 heavy (non-hydrogen) atoms. The number of thioether (sulfide) groups is 1. The zero-order valence-electron chi connectivity index (χ0n) is 13.6. The smallest absolute Gasteiger partial charge is 0.256 e. The largest absolute Gasteiger partial charge is 0.305 e. The molecule has 0 aliphatic rings. The molecular weight excluding hydrogens is 354 g/mol. The van der Waals surface area contributed by atoms with E-state index in [1.54, 1.807) is 30.0 Å². The van der Waals surface area contributed by atoms with Gasteiger partial charge in [-0.1, -0.05) is 53.2 Å². The maximum absolute atomic E-state index is 12.2. The third-order valence-corrected chi connectivity index (χ3v) is 4.70. The molecule has 0 atom stereocenters. The molecule has 1 aromatic heterocycles. The Kier molecular flexibility index (Phi) is 5.68. The summed E-state index contributed by atoms with van der Waals surface area (Å²) < 4.78 is 0. The number of aryl methyl sites for hydroxylation is 1. The van der Waals surface area contributed by atoms with Gasteiger partial charge in [0, 0.05) is 16.3 Å². The van der Waals surface area contributed by atoms with Gasteiger partial charge in [0.05, 0.1) is 0 Å². The highest BCUT2D eigenvalue weighted by Crippen LogP contribution is 2.22. The van der Waals surface area contributed by atoms with Crippen LogP contribution < -0.4 is 5.32 Å². The van der Waals surface area contributed by atoms with Gasteiger partial charge < -0.3 is 5.32 Å².